The second kappa shape index (κ2) is 10.5. The number of anilines is 1. The average molecular weight is 506 g/mol. The zero-order chi connectivity index (χ0) is 26.1. The number of hydrogen-bond donors (Lipinski definition) is 2. The predicted molar refractivity (Wildman–Crippen MR) is 141 cm³/mol. The highest BCUT2D eigenvalue weighted by molar-refractivity contribution is 5.95. The third-order valence-corrected chi connectivity index (χ3v) is 8.16. The second-order valence-corrected chi connectivity index (χ2v) is 10.4. The van der Waals surface area contributed by atoms with Gasteiger partial charge in [-0.1, -0.05) is 36.8 Å². The van der Waals surface area contributed by atoms with Crippen molar-refractivity contribution >= 4 is 28.8 Å². The number of ether oxygens (including phenoxy) is 1. The van der Waals surface area contributed by atoms with Crippen molar-refractivity contribution in [2.24, 2.45) is 5.92 Å². The largest absolute Gasteiger partial charge is 0.481 e. The van der Waals surface area contributed by atoms with Gasteiger partial charge in [-0.2, -0.15) is 0 Å². The molecule has 3 aromatic rings. The first kappa shape index (κ1) is 25.3. The van der Waals surface area contributed by atoms with Gasteiger partial charge in [0.2, 0.25) is 0 Å². The lowest BCUT2D eigenvalue weighted by Gasteiger charge is -2.34. The number of rotatable bonds is 6. The minimum Gasteiger partial charge on any atom is -0.481 e. The van der Waals surface area contributed by atoms with Crippen LogP contribution in [0.15, 0.2) is 42.5 Å². The minimum absolute atomic E-state index is 0.0112. The van der Waals surface area contributed by atoms with Crippen molar-refractivity contribution in [2.45, 2.75) is 69.9 Å². The van der Waals surface area contributed by atoms with Crippen molar-refractivity contribution in [1.29, 1.82) is 0 Å². The standard InChI is InChI=1S/C29H35N3O5/c1-18-11-12-22-24(31(18)29(36)37-2)13-14-25-27(22)30-26(32(25)21-10-6-7-19(15-21)17-33)16-23(28(34)35)20-8-4-3-5-9-20/h3-5,8-9,13-14,18-19,21,23,33H,6-7,10-12,15-17H2,1-2H3,(H,34,35)/t18-,19-,21-,23+/m1/s1. The summed E-state index contributed by atoms with van der Waals surface area (Å²) in [5, 5.41) is 20.1. The molecular formula is C29H35N3O5. The Balaban J connectivity index is 1.66. The van der Waals surface area contributed by atoms with Gasteiger partial charge < -0.3 is 19.5 Å². The van der Waals surface area contributed by atoms with E-state index in [1.165, 1.54) is 7.11 Å². The van der Waals surface area contributed by atoms with E-state index in [-0.39, 0.29) is 37.1 Å². The summed E-state index contributed by atoms with van der Waals surface area (Å²) in [5.74, 6) is -0.640. The first-order valence-electron chi connectivity index (χ1n) is 13.2. The van der Waals surface area contributed by atoms with Crippen LogP contribution in [0.4, 0.5) is 10.5 Å². The van der Waals surface area contributed by atoms with Crippen LogP contribution in [-0.2, 0) is 22.4 Å². The fourth-order valence-electron chi connectivity index (χ4n) is 6.25. The highest BCUT2D eigenvalue weighted by Gasteiger charge is 2.34. The van der Waals surface area contributed by atoms with E-state index in [1.54, 1.807) is 4.90 Å². The molecule has 37 heavy (non-hydrogen) atoms. The second-order valence-electron chi connectivity index (χ2n) is 10.4. The number of nitrogens with zero attached hydrogens (tertiary/aromatic N) is 3. The molecule has 2 aromatic carbocycles. The molecule has 8 nitrogen and oxygen atoms in total. The SMILES string of the molecule is COC(=O)N1c2ccc3c(nc(C[C@H](C(=O)O)c4ccccc4)n3[C@@H]3CCC[C@@H](CO)C3)c2CC[C@H]1C. The number of carboxylic acid groups (broad SMARTS) is 1. The zero-order valence-electron chi connectivity index (χ0n) is 21.5. The Labute approximate surface area is 216 Å². The fourth-order valence-corrected chi connectivity index (χ4v) is 6.25. The number of carbonyl (C=O) groups is 2. The number of aliphatic hydroxyl groups is 1. The van der Waals surface area contributed by atoms with E-state index in [4.69, 9.17) is 9.72 Å². The molecule has 5 rings (SSSR count). The normalized spacial score (nSPS) is 22.5. The Morgan fingerprint density at radius 1 is 1.14 bits per heavy atom. The summed E-state index contributed by atoms with van der Waals surface area (Å²) in [4.78, 5) is 31.8. The van der Waals surface area contributed by atoms with Crippen LogP contribution in [0.2, 0.25) is 0 Å². The summed E-state index contributed by atoms with van der Waals surface area (Å²) in [6.07, 6.45) is 5.25. The number of carbonyl (C=O) groups excluding carboxylic acids is 1. The third kappa shape index (κ3) is 4.70. The van der Waals surface area contributed by atoms with Crippen molar-refractivity contribution in [1.82, 2.24) is 9.55 Å². The van der Waals surface area contributed by atoms with Crippen LogP contribution in [0.3, 0.4) is 0 Å². The summed E-state index contributed by atoms with van der Waals surface area (Å²) in [5.41, 5.74) is 4.36. The highest BCUT2D eigenvalue weighted by Crippen LogP contribution is 2.41. The number of aliphatic hydroxyl groups excluding tert-OH is 1. The lowest BCUT2D eigenvalue weighted by Crippen LogP contribution is -2.42. The molecular weight excluding hydrogens is 470 g/mol. The van der Waals surface area contributed by atoms with E-state index < -0.39 is 11.9 Å². The molecule has 2 N–H and O–H groups in total. The number of aliphatic carboxylic acids is 1. The van der Waals surface area contributed by atoms with Gasteiger partial charge in [0, 0.05) is 30.7 Å². The predicted octanol–water partition coefficient (Wildman–Crippen LogP) is 5.08. The van der Waals surface area contributed by atoms with E-state index in [9.17, 15) is 19.8 Å². The molecule has 8 heteroatoms. The van der Waals surface area contributed by atoms with Crippen molar-refractivity contribution in [2.75, 3.05) is 18.6 Å². The van der Waals surface area contributed by atoms with Gasteiger partial charge in [0.25, 0.3) is 0 Å². The van der Waals surface area contributed by atoms with Crippen LogP contribution in [-0.4, -0.2) is 51.6 Å². The van der Waals surface area contributed by atoms with Crippen molar-refractivity contribution in [3.8, 4) is 0 Å². The Morgan fingerprint density at radius 2 is 1.92 bits per heavy atom. The van der Waals surface area contributed by atoms with Gasteiger partial charge in [-0.15, -0.1) is 0 Å². The molecule has 1 aromatic heterocycles. The number of benzene rings is 2. The van der Waals surface area contributed by atoms with Crippen LogP contribution >= 0.6 is 0 Å². The number of fused-ring (bicyclic) bond motifs is 3. The molecule has 196 valence electrons. The summed E-state index contributed by atoms with van der Waals surface area (Å²) in [6, 6.07) is 13.4. The Kier molecular flexibility index (Phi) is 7.20. The van der Waals surface area contributed by atoms with Crippen LogP contribution < -0.4 is 4.90 Å². The van der Waals surface area contributed by atoms with Gasteiger partial charge in [0.1, 0.15) is 5.82 Å². The summed E-state index contributed by atoms with van der Waals surface area (Å²) in [7, 11) is 1.39. The number of carboxylic acids is 1. The number of amides is 1. The first-order chi connectivity index (χ1) is 17.9. The number of hydrogen-bond acceptors (Lipinski definition) is 5. The first-order valence-corrected chi connectivity index (χ1v) is 13.2. The smallest absolute Gasteiger partial charge is 0.414 e. The van der Waals surface area contributed by atoms with E-state index in [0.717, 1.165) is 72.2 Å². The van der Waals surface area contributed by atoms with Crippen molar-refractivity contribution < 1.29 is 24.5 Å². The highest BCUT2D eigenvalue weighted by atomic mass is 16.5. The van der Waals surface area contributed by atoms with E-state index in [1.807, 2.05) is 49.4 Å². The molecule has 1 amide bonds. The van der Waals surface area contributed by atoms with Crippen molar-refractivity contribution in [3.63, 3.8) is 0 Å². The average Bonchev–Trinajstić information content (AvgIpc) is 3.30. The zero-order valence-corrected chi connectivity index (χ0v) is 21.5. The molecule has 0 saturated heterocycles. The lowest BCUT2D eigenvalue weighted by atomic mass is 9.85. The van der Waals surface area contributed by atoms with E-state index >= 15 is 0 Å². The number of methoxy groups -OCH3 is 1. The van der Waals surface area contributed by atoms with Gasteiger partial charge in [0.05, 0.1) is 29.7 Å². The van der Waals surface area contributed by atoms with Crippen LogP contribution in [0.1, 0.15) is 67.9 Å². The quantitative estimate of drug-likeness (QED) is 0.484. The molecule has 2 aliphatic rings. The molecule has 1 saturated carbocycles. The summed E-state index contributed by atoms with van der Waals surface area (Å²) < 4.78 is 7.31. The Hall–Kier alpha value is -3.39. The maximum absolute atomic E-state index is 12.6. The molecule has 0 bridgehead atoms. The summed E-state index contributed by atoms with van der Waals surface area (Å²) >= 11 is 0. The lowest BCUT2D eigenvalue weighted by molar-refractivity contribution is -0.138. The van der Waals surface area contributed by atoms with E-state index in [0.29, 0.717) is 0 Å². The molecule has 2 heterocycles. The molecule has 1 fully saturated rings. The van der Waals surface area contributed by atoms with Crippen LogP contribution in [0, 0.1) is 5.92 Å². The van der Waals surface area contributed by atoms with Crippen LogP contribution in [0.25, 0.3) is 11.0 Å². The third-order valence-electron chi connectivity index (χ3n) is 8.16. The summed E-state index contributed by atoms with van der Waals surface area (Å²) in [6.45, 7) is 2.17. The van der Waals surface area contributed by atoms with Gasteiger partial charge in [-0.05, 0) is 62.6 Å². The van der Waals surface area contributed by atoms with Crippen molar-refractivity contribution in [3.05, 3.63) is 59.4 Å². The van der Waals surface area contributed by atoms with Gasteiger partial charge >= 0.3 is 12.1 Å². The molecule has 0 radical (unpaired) electrons. The molecule has 0 unspecified atom stereocenters. The molecule has 1 aliphatic heterocycles. The molecule has 1 aliphatic carbocycles. The number of aryl methyl sites for hydroxylation is 1. The topological polar surface area (TPSA) is 105 Å². The molecule has 4 atom stereocenters. The van der Waals surface area contributed by atoms with Crippen LogP contribution in [0.5, 0.6) is 0 Å². The Morgan fingerprint density at radius 3 is 2.62 bits per heavy atom. The Bertz CT molecular complexity index is 1290. The van der Waals surface area contributed by atoms with Gasteiger partial charge in [0.15, 0.2) is 0 Å². The minimum atomic E-state index is -0.880. The van der Waals surface area contributed by atoms with Gasteiger partial charge in [-0.3, -0.25) is 9.69 Å². The molecule has 0 spiro atoms. The van der Waals surface area contributed by atoms with E-state index in [2.05, 4.69) is 4.57 Å². The fraction of sp³-hybridized carbons (Fsp3) is 0.483. The maximum Gasteiger partial charge on any atom is 0.414 e. The maximum atomic E-state index is 12.6. The number of imidazole rings is 1. The number of aromatic nitrogens is 2. The monoisotopic (exact) mass is 505 g/mol. The van der Waals surface area contributed by atoms with Gasteiger partial charge in [-0.25, -0.2) is 9.78 Å².